The Hall–Kier alpha value is -2.78. The SMILES string of the molecule is CCOc1ccccc1N(CC(=O)N(Cc1ccc(Cl)cc1)[C@@H](C)C(=O)NC(C)C)S(C)(=O)=O. The lowest BCUT2D eigenvalue weighted by molar-refractivity contribution is -0.139. The summed E-state index contributed by atoms with van der Waals surface area (Å²) in [6.07, 6.45) is 1.03. The van der Waals surface area contributed by atoms with Gasteiger partial charge in [-0.05, 0) is 57.5 Å². The average Bonchev–Trinajstić information content (AvgIpc) is 2.76. The maximum absolute atomic E-state index is 13.5. The molecule has 8 nitrogen and oxygen atoms in total. The van der Waals surface area contributed by atoms with Crippen molar-refractivity contribution >= 4 is 39.1 Å². The highest BCUT2D eigenvalue weighted by atomic mass is 35.5. The maximum atomic E-state index is 13.5. The Kier molecular flexibility index (Phi) is 9.76. The summed E-state index contributed by atoms with van der Waals surface area (Å²) in [4.78, 5) is 27.6. The van der Waals surface area contributed by atoms with Crippen LogP contribution in [0.3, 0.4) is 0 Å². The monoisotopic (exact) mass is 509 g/mol. The summed E-state index contributed by atoms with van der Waals surface area (Å²) >= 11 is 5.98. The highest BCUT2D eigenvalue weighted by molar-refractivity contribution is 7.92. The predicted molar refractivity (Wildman–Crippen MR) is 135 cm³/mol. The molecule has 0 spiro atoms. The van der Waals surface area contributed by atoms with Crippen molar-refractivity contribution in [1.29, 1.82) is 0 Å². The van der Waals surface area contributed by atoms with Gasteiger partial charge >= 0.3 is 0 Å². The maximum Gasteiger partial charge on any atom is 0.244 e. The minimum atomic E-state index is -3.84. The Morgan fingerprint density at radius 3 is 2.24 bits per heavy atom. The van der Waals surface area contributed by atoms with Gasteiger partial charge in [0.25, 0.3) is 0 Å². The van der Waals surface area contributed by atoms with E-state index in [-0.39, 0.29) is 24.2 Å². The lowest BCUT2D eigenvalue weighted by Crippen LogP contribution is -2.52. The summed E-state index contributed by atoms with van der Waals surface area (Å²) in [6, 6.07) is 12.6. The number of benzene rings is 2. The number of amides is 2. The molecule has 1 atom stereocenters. The third-order valence-electron chi connectivity index (χ3n) is 4.98. The molecule has 2 aromatic carbocycles. The Labute approximate surface area is 206 Å². The molecule has 186 valence electrons. The van der Waals surface area contributed by atoms with Gasteiger partial charge < -0.3 is 15.0 Å². The number of nitrogens with one attached hydrogen (secondary N) is 1. The van der Waals surface area contributed by atoms with Gasteiger partial charge in [0, 0.05) is 17.6 Å². The molecular formula is C24H32ClN3O5S. The summed E-state index contributed by atoms with van der Waals surface area (Å²) in [7, 11) is -3.84. The van der Waals surface area contributed by atoms with Gasteiger partial charge in [0.2, 0.25) is 21.8 Å². The van der Waals surface area contributed by atoms with Crippen LogP contribution in [0, 0.1) is 0 Å². The average molecular weight is 510 g/mol. The van der Waals surface area contributed by atoms with Crippen LogP contribution in [0.5, 0.6) is 5.75 Å². The normalized spacial score (nSPS) is 12.2. The molecule has 0 heterocycles. The molecule has 0 radical (unpaired) electrons. The molecule has 34 heavy (non-hydrogen) atoms. The molecule has 0 aliphatic carbocycles. The molecule has 0 saturated carbocycles. The van der Waals surface area contributed by atoms with Gasteiger partial charge in [-0.2, -0.15) is 0 Å². The fraction of sp³-hybridized carbons (Fsp3) is 0.417. The van der Waals surface area contributed by atoms with Crippen LogP contribution in [-0.2, 0) is 26.2 Å². The van der Waals surface area contributed by atoms with Gasteiger partial charge in [-0.1, -0.05) is 35.9 Å². The van der Waals surface area contributed by atoms with Crippen LogP contribution in [0.4, 0.5) is 5.69 Å². The number of hydrogen-bond donors (Lipinski definition) is 1. The standard InChI is InChI=1S/C24H32ClN3O5S/c1-6-33-22-10-8-7-9-21(22)28(34(5,31)32)16-23(29)27(18(4)24(30)26-17(2)3)15-19-11-13-20(25)14-12-19/h7-14,17-18H,6,15-16H2,1-5H3,(H,26,30)/t18-/m0/s1. The van der Waals surface area contributed by atoms with Crippen molar-refractivity contribution in [3.05, 3.63) is 59.1 Å². The summed E-state index contributed by atoms with van der Waals surface area (Å²) in [5.74, 6) is -0.519. The van der Waals surface area contributed by atoms with Gasteiger partial charge in [0.15, 0.2) is 0 Å². The summed E-state index contributed by atoms with van der Waals surface area (Å²) in [5.41, 5.74) is 1.01. The van der Waals surface area contributed by atoms with Crippen LogP contribution in [0.25, 0.3) is 0 Å². The fourth-order valence-electron chi connectivity index (χ4n) is 3.31. The number of carbonyl (C=O) groups is 2. The molecule has 0 aliphatic heterocycles. The zero-order valence-electron chi connectivity index (χ0n) is 20.1. The van der Waals surface area contributed by atoms with E-state index in [1.54, 1.807) is 62.4 Å². The van der Waals surface area contributed by atoms with E-state index < -0.39 is 28.5 Å². The van der Waals surface area contributed by atoms with E-state index >= 15 is 0 Å². The molecule has 1 N–H and O–H groups in total. The minimum absolute atomic E-state index is 0.105. The van der Waals surface area contributed by atoms with E-state index in [0.29, 0.717) is 17.4 Å². The second-order valence-corrected chi connectivity index (χ2v) is 10.5. The van der Waals surface area contributed by atoms with Crippen LogP contribution >= 0.6 is 11.6 Å². The lowest BCUT2D eigenvalue weighted by Gasteiger charge is -2.32. The first kappa shape index (κ1) is 27.5. The number of nitrogens with zero attached hydrogens (tertiary/aromatic N) is 2. The molecule has 10 heteroatoms. The molecule has 0 bridgehead atoms. The summed E-state index contributed by atoms with van der Waals surface area (Å²) < 4.78 is 32.0. The molecular weight excluding hydrogens is 478 g/mol. The smallest absolute Gasteiger partial charge is 0.244 e. The van der Waals surface area contributed by atoms with Gasteiger partial charge in [0.05, 0.1) is 18.6 Å². The Balaban J connectivity index is 2.42. The van der Waals surface area contributed by atoms with Crippen molar-refractivity contribution in [2.45, 2.75) is 46.3 Å². The first-order valence-corrected chi connectivity index (χ1v) is 13.2. The van der Waals surface area contributed by atoms with Crippen LogP contribution in [0.15, 0.2) is 48.5 Å². The topological polar surface area (TPSA) is 96.0 Å². The first-order chi connectivity index (χ1) is 15.9. The molecule has 0 aromatic heterocycles. The molecule has 0 saturated heterocycles. The van der Waals surface area contributed by atoms with Crippen molar-refractivity contribution in [3.8, 4) is 5.75 Å². The molecule has 0 unspecified atom stereocenters. The van der Waals surface area contributed by atoms with E-state index in [0.717, 1.165) is 16.1 Å². The summed E-state index contributed by atoms with van der Waals surface area (Å²) in [6.45, 7) is 7.00. The third-order valence-corrected chi connectivity index (χ3v) is 6.36. The second kappa shape index (κ2) is 12.1. The van der Waals surface area contributed by atoms with Crippen LogP contribution in [-0.4, -0.2) is 56.6 Å². The third kappa shape index (κ3) is 7.63. The highest BCUT2D eigenvalue weighted by Crippen LogP contribution is 2.30. The van der Waals surface area contributed by atoms with Gasteiger partial charge in [0.1, 0.15) is 18.3 Å². The van der Waals surface area contributed by atoms with Crippen LogP contribution < -0.4 is 14.4 Å². The molecule has 0 aliphatic rings. The van der Waals surface area contributed by atoms with E-state index in [2.05, 4.69) is 5.32 Å². The number of ether oxygens (including phenoxy) is 1. The van der Waals surface area contributed by atoms with Crippen LogP contribution in [0.1, 0.15) is 33.3 Å². The number of halogens is 1. The molecule has 0 fully saturated rings. The molecule has 2 aromatic rings. The van der Waals surface area contributed by atoms with E-state index in [1.807, 2.05) is 13.8 Å². The highest BCUT2D eigenvalue weighted by Gasteiger charge is 2.31. The van der Waals surface area contributed by atoms with Crippen molar-refractivity contribution in [2.75, 3.05) is 23.7 Å². The van der Waals surface area contributed by atoms with Gasteiger partial charge in [-0.3, -0.25) is 13.9 Å². The molecule has 2 rings (SSSR count). The number of rotatable bonds is 11. The van der Waals surface area contributed by atoms with E-state index in [9.17, 15) is 18.0 Å². The van der Waals surface area contributed by atoms with Crippen molar-refractivity contribution < 1.29 is 22.7 Å². The number of carbonyl (C=O) groups excluding carboxylic acids is 2. The van der Waals surface area contributed by atoms with E-state index in [4.69, 9.17) is 16.3 Å². The number of anilines is 1. The number of hydrogen-bond acceptors (Lipinski definition) is 5. The van der Waals surface area contributed by atoms with Crippen molar-refractivity contribution in [3.63, 3.8) is 0 Å². The first-order valence-electron chi connectivity index (χ1n) is 11.0. The summed E-state index contributed by atoms with van der Waals surface area (Å²) in [5, 5.41) is 3.35. The quantitative estimate of drug-likeness (QED) is 0.500. The number of para-hydroxylation sites is 2. The predicted octanol–water partition coefficient (Wildman–Crippen LogP) is 3.45. The Bertz CT molecular complexity index is 1090. The second-order valence-electron chi connectivity index (χ2n) is 8.16. The van der Waals surface area contributed by atoms with Gasteiger partial charge in [-0.25, -0.2) is 8.42 Å². The van der Waals surface area contributed by atoms with Crippen molar-refractivity contribution in [1.82, 2.24) is 10.2 Å². The lowest BCUT2D eigenvalue weighted by atomic mass is 10.1. The minimum Gasteiger partial charge on any atom is -0.492 e. The fourth-order valence-corrected chi connectivity index (χ4v) is 4.29. The molecule has 2 amide bonds. The largest absolute Gasteiger partial charge is 0.492 e. The van der Waals surface area contributed by atoms with E-state index in [1.165, 1.54) is 4.90 Å². The van der Waals surface area contributed by atoms with Gasteiger partial charge in [-0.15, -0.1) is 0 Å². The van der Waals surface area contributed by atoms with Crippen molar-refractivity contribution in [2.24, 2.45) is 0 Å². The van der Waals surface area contributed by atoms with Crippen LogP contribution in [0.2, 0.25) is 5.02 Å². The zero-order valence-corrected chi connectivity index (χ0v) is 21.7. The Morgan fingerprint density at radius 1 is 1.06 bits per heavy atom. The Morgan fingerprint density at radius 2 is 1.68 bits per heavy atom. The zero-order chi connectivity index (χ0) is 25.5. The number of sulfonamides is 1.